The van der Waals surface area contributed by atoms with Crippen LogP contribution < -0.4 is 5.32 Å². The Morgan fingerprint density at radius 2 is 2.13 bits per heavy atom. The molecule has 0 aromatic heterocycles. The minimum absolute atomic E-state index is 0.143. The van der Waals surface area contributed by atoms with Crippen LogP contribution in [-0.2, 0) is 9.53 Å². The molecule has 1 atom stereocenters. The minimum atomic E-state index is -0.567. The van der Waals surface area contributed by atoms with E-state index in [1.807, 2.05) is 20.0 Å². The number of carbonyl (C=O) groups excluding carboxylic acids is 1. The third-order valence-corrected chi connectivity index (χ3v) is 4.44. The largest absolute Gasteiger partial charge is 0.394 e. The van der Waals surface area contributed by atoms with Crippen molar-refractivity contribution in [1.82, 2.24) is 10.2 Å². The smallest absolute Gasteiger partial charge is 0.235 e. The summed E-state index contributed by atoms with van der Waals surface area (Å²) in [7, 11) is 3.70. The summed E-state index contributed by atoms with van der Waals surface area (Å²) in [5.74, 6) is 0.177. The van der Waals surface area contributed by atoms with E-state index in [9.17, 15) is 9.90 Å². The summed E-state index contributed by atoms with van der Waals surface area (Å²) in [5.41, 5.74) is 0. The summed E-state index contributed by atoms with van der Waals surface area (Å²) in [6.07, 6.45) is 7.78. The lowest BCUT2D eigenvalue weighted by Crippen LogP contribution is -2.53. The fourth-order valence-corrected chi connectivity index (χ4v) is 2.93. The number of aliphatic hydroxyl groups is 1. The molecule has 1 rings (SSSR count). The number of carbonyl (C=O) groups is 1. The highest BCUT2D eigenvalue weighted by molar-refractivity contribution is 6.27. The molecule has 1 aliphatic rings. The van der Waals surface area contributed by atoms with Crippen LogP contribution in [0.25, 0.3) is 0 Å². The molecule has 2 N–H and O–H groups in total. The lowest BCUT2D eigenvalue weighted by atomic mass is 9.91. The molecule has 0 radical (unpaired) electrons. The third kappa shape index (κ3) is 6.12. The van der Waals surface area contributed by atoms with Gasteiger partial charge in [-0.1, -0.05) is 6.08 Å². The van der Waals surface area contributed by atoms with Gasteiger partial charge in [0.2, 0.25) is 5.91 Å². The number of likely N-dealkylation sites (N-methyl/N-ethyl adjacent to an activating group) is 1. The van der Waals surface area contributed by atoms with E-state index in [0.717, 1.165) is 25.7 Å². The molecule has 132 valence electrons. The van der Waals surface area contributed by atoms with Gasteiger partial charge in [-0.05, 0) is 32.6 Å². The van der Waals surface area contributed by atoms with E-state index < -0.39 is 6.04 Å². The minimum Gasteiger partial charge on any atom is -0.394 e. The van der Waals surface area contributed by atoms with Crippen molar-refractivity contribution in [2.75, 3.05) is 26.6 Å². The molecule has 0 spiro atoms. The first kappa shape index (κ1) is 19.9. The molecule has 1 saturated carbocycles. The second-order valence-corrected chi connectivity index (χ2v) is 5.95. The van der Waals surface area contributed by atoms with Crippen LogP contribution in [0.5, 0.6) is 0 Å². The molecular weight excluding hydrogens is 318 g/mol. The third-order valence-electron chi connectivity index (χ3n) is 4.19. The summed E-state index contributed by atoms with van der Waals surface area (Å²) in [6.45, 7) is 1.65. The Bertz CT molecular complexity index is 421. The number of aliphatic imine (C=N–C) groups is 1. The number of ether oxygens (including phenoxy) is 1. The zero-order valence-corrected chi connectivity index (χ0v) is 14.9. The topological polar surface area (TPSA) is 74.2 Å². The zero-order chi connectivity index (χ0) is 17.2. The lowest BCUT2D eigenvalue weighted by molar-refractivity contribution is -0.119. The number of methoxy groups -OCH3 is 1. The van der Waals surface area contributed by atoms with Gasteiger partial charge in [0, 0.05) is 26.4 Å². The summed E-state index contributed by atoms with van der Waals surface area (Å²) >= 11 is 5.55. The highest BCUT2D eigenvalue weighted by atomic mass is 35.5. The number of aliphatic hydroxyl groups excluding tert-OH is 1. The molecule has 7 heteroatoms. The summed E-state index contributed by atoms with van der Waals surface area (Å²) in [6, 6.07) is -0.255. The Hall–Kier alpha value is -1.11. The number of rotatable bonds is 7. The molecule has 1 aliphatic carbocycles. The Kier molecular flexibility index (Phi) is 9.21. The Labute approximate surface area is 143 Å². The van der Waals surface area contributed by atoms with Crippen molar-refractivity contribution >= 4 is 23.3 Å². The number of hydrogen-bond acceptors (Lipinski definition) is 4. The quantitative estimate of drug-likeness (QED) is 0.417. The first-order valence-electron chi connectivity index (χ1n) is 7.98. The number of hydrogen-bond donors (Lipinski definition) is 2. The Morgan fingerprint density at radius 3 is 2.61 bits per heavy atom. The second kappa shape index (κ2) is 10.6. The van der Waals surface area contributed by atoms with Crippen molar-refractivity contribution in [2.45, 2.75) is 50.8 Å². The molecule has 0 saturated heterocycles. The maximum absolute atomic E-state index is 11.6. The SMILES string of the molecule is C/C=C/N=C(/[C@@H](CO)NC(=O)CCl)N(C)[C@H]1CC[C@H](OC)CC1. The van der Waals surface area contributed by atoms with Gasteiger partial charge in [-0.2, -0.15) is 0 Å². The molecule has 6 nitrogen and oxygen atoms in total. The van der Waals surface area contributed by atoms with Gasteiger partial charge < -0.3 is 20.1 Å². The standard InChI is InChI=1S/C16H28ClN3O3/c1-4-9-18-16(14(11-21)19-15(22)10-17)20(2)12-5-7-13(23-3)8-6-12/h4,9,12-14,21H,5-8,10-11H2,1-3H3,(H,19,22)/b9-4+,18-16-/t12-,13-,14-/m1/s1. The maximum Gasteiger partial charge on any atom is 0.235 e. The monoisotopic (exact) mass is 345 g/mol. The van der Waals surface area contributed by atoms with Crippen molar-refractivity contribution in [1.29, 1.82) is 0 Å². The Balaban J connectivity index is 2.85. The summed E-state index contributed by atoms with van der Waals surface area (Å²) < 4.78 is 5.41. The molecule has 1 fully saturated rings. The van der Waals surface area contributed by atoms with Crippen LogP contribution in [0.15, 0.2) is 17.3 Å². The molecule has 0 unspecified atom stereocenters. The van der Waals surface area contributed by atoms with E-state index in [0.29, 0.717) is 18.0 Å². The van der Waals surface area contributed by atoms with Crippen molar-refractivity contribution < 1.29 is 14.6 Å². The van der Waals surface area contributed by atoms with Crippen molar-refractivity contribution in [3.05, 3.63) is 12.3 Å². The highest BCUT2D eigenvalue weighted by Gasteiger charge is 2.29. The van der Waals surface area contributed by atoms with Gasteiger partial charge in [0.25, 0.3) is 0 Å². The number of halogens is 1. The fraction of sp³-hybridized carbons (Fsp3) is 0.750. The molecule has 23 heavy (non-hydrogen) atoms. The van der Waals surface area contributed by atoms with Crippen LogP contribution in [0, 0.1) is 0 Å². The van der Waals surface area contributed by atoms with Crippen LogP contribution in [0.4, 0.5) is 0 Å². The fourth-order valence-electron chi connectivity index (χ4n) is 2.86. The van der Waals surface area contributed by atoms with E-state index >= 15 is 0 Å². The number of alkyl halides is 1. The van der Waals surface area contributed by atoms with E-state index in [1.54, 1.807) is 13.3 Å². The van der Waals surface area contributed by atoms with Crippen molar-refractivity contribution in [2.24, 2.45) is 4.99 Å². The normalized spacial score (nSPS) is 23.8. The van der Waals surface area contributed by atoms with Gasteiger partial charge in [0.1, 0.15) is 17.8 Å². The van der Waals surface area contributed by atoms with Crippen LogP contribution in [-0.4, -0.2) is 66.6 Å². The lowest BCUT2D eigenvalue weighted by Gasteiger charge is -2.37. The average molecular weight is 346 g/mol. The van der Waals surface area contributed by atoms with Crippen LogP contribution in [0.2, 0.25) is 0 Å². The first-order valence-corrected chi connectivity index (χ1v) is 8.51. The van der Waals surface area contributed by atoms with E-state index in [4.69, 9.17) is 16.3 Å². The van der Waals surface area contributed by atoms with Gasteiger partial charge in [-0.15, -0.1) is 11.6 Å². The molecule has 0 aromatic rings. The van der Waals surface area contributed by atoms with Gasteiger partial charge >= 0.3 is 0 Å². The predicted molar refractivity (Wildman–Crippen MR) is 92.8 cm³/mol. The first-order chi connectivity index (χ1) is 11.1. The van der Waals surface area contributed by atoms with Crippen molar-refractivity contribution in [3.63, 3.8) is 0 Å². The number of nitrogens with zero attached hydrogens (tertiary/aromatic N) is 2. The average Bonchev–Trinajstić information content (AvgIpc) is 2.60. The maximum atomic E-state index is 11.6. The van der Waals surface area contributed by atoms with E-state index in [1.165, 1.54) is 0 Å². The molecule has 0 aromatic carbocycles. The zero-order valence-electron chi connectivity index (χ0n) is 14.2. The molecule has 0 bridgehead atoms. The predicted octanol–water partition coefficient (Wildman–Crippen LogP) is 1.52. The number of nitrogens with one attached hydrogen (secondary N) is 1. The molecule has 0 heterocycles. The number of allylic oxidation sites excluding steroid dienone is 1. The van der Waals surface area contributed by atoms with Gasteiger partial charge in [0.15, 0.2) is 0 Å². The van der Waals surface area contributed by atoms with Crippen LogP contribution >= 0.6 is 11.6 Å². The second-order valence-electron chi connectivity index (χ2n) is 5.68. The Morgan fingerprint density at radius 1 is 1.48 bits per heavy atom. The highest BCUT2D eigenvalue weighted by Crippen LogP contribution is 2.24. The van der Waals surface area contributed by atoms with E-state index in [2.05, 4.69) is 15.2 Å². The molecule has 0 aliphatic heterocycles. The van der Waals surface area contributed by atoms with Gasteiger partial charge in [-0.3, -0.25) is 4.79 Å². The number of amidine groups is 1. The summed E-state index contributed by atoms with van der Waals surface area (Å²) in [4.78, 5) is 18.1. The van der Waals surface area contributed by atoms with Crippen LogP contribution in [0.1, 0.15) is 32.6 Å². The van der Waals surface area contributed by atoms with Crippen LogP contribution in [0.3, 0.4) is 0 Å². The van der Waals surface area contributed by atoms with Gasteiger partial charge in [-0.25, -0.2) is 4.99 Å². The number of amides is 1. The van der Waals surface area contributed by atoms with Crippen molar-refractivity contribution in [3.8, 4) is 0 Å². The van der Waals surface area contributed by atoms with Gasteiger partial charge in [0.05, 0.1) is 12.7 Å². The summed E-state index contributed by atoms with van der Waals surface area (Å²) in [5, 5.41) is 12.4. The molecule has 1 amide bonds. The van der Waals surface area contributed by atoms with E-state index in [-0.39, 0.29) is 18.4 Å². The molecular formula is C16H28ClN3O3.